The number of aliphatic hydroxyl groups excluding tert-OH is 1. The Bertz CT molecular complexity index is 952. The Balaban J connectivity index is 1.72. The Kier molecular flexibility index (Phi) is 6.08. The van der Waals surface area contributed by atoms with Gasteiger partial charge in [0.1, 0.15) is 11.4 Å². The SMILES string of the molecule is CCNC(=O)Nc1ccc(-c2nc(N3CCOC[C@@H]3C)c3c(n2)C(C)(CO)OC3)cc1. The average molecular weight is 428 g/mol. The van der Waals surface area contributed by atoms with E-state index in [1.54, 1.807) is 0 Å². The minimum Gasteiger partial charge on any atom is -0.393 e. The van der Waals surface area contributed by atoms with Crippen molar-refractivity contribution in [1.82, 2.24) is 15.3 Å². The molecule has 1 unspecified atom stereocenters. The fourth-order valence-corrected chi connectivity index (χ4v) is 3.91. The standard InChI is InChI=1S/C22H29N5O4/c1-4-23-21(29)24-16-7-5-15(6-8-16)19-25-18-17(12-31-22(18,3)13-28)20(26-19)27-9-10-30-11-14(27)2/h5-8,14,28H,4,9-13H2,1-3H3,(H2,23,24,29)/t14-,22?/m0/s1. The summed E-state index contributed by atoms with van der Waals surface area (Å²) in [6.07, 6.45) is 0. The van der Waals surface area contributed by atoms with Crippen LogP contribution >= 0.6 is 0 Å². The molecule has 1 saturated heterocycles. The van der Waals surface area contributed by atoms with Crippen LogP contribution in [-0.4, -0.2) is 60.1 Å². The van der Waals surface area contributed by atoms with E-state index in [9.17, 15) is 9.90 Å². The number of amides is 2. The number of rotatable bonds is 5. The topological polar surface area (TPSA) is 109 Å². The molecule has 0 radical (unpaired) electrons. The van der Waals surface area contributed by atoms with Gasteiger partial charge in [-0.2, -0.15) is 0 Å². The van der Waals surface area contributed by atoms with Gasteiger partial charge in [0.25, 0.3) is 0 Å². The number of benzene rings is 1. The molecule has 4 rings (SSSR count). The van der Waals surface area contributed by atoms with Gasteiger partial charge in [0, 0.05) is 29.9 Å². The third-order valence-corrected chi connectivity index (χ3v) is 5.70. The Morgan fingerprint density at radius 1 is 1.32 bits per heavy atom. The molecule has 3 N–H and O–H groups in total. The van der Waals surface area contributed by atoms with Gasteiger partial charge in [-0.25, -0.2) is 14.8 Å². The number of nitrogens with one attached hydrogen (secondary N) is 2. The number of nitrogens with zero attached hydrogens (tertiary/aromatic N) is 3. The number of fused-ring (bicyclic) bond motifs is 1. The summed E-state index contributed by atoms with van der Waals surface area (Å²) in [5, 5.41) is 15.5. The number of urea groups is 1. The summed E-state index contributed by atoms with van der Waals surface area (Å²) in [4.78, 5) is 23.7. The predicted molar refractivity (Wildman–Crippen MR) is 117 cm³/mol. The lowest BCUT2D eigenvalue weighted by atomic mass is 10.0. The molecule has 9 nitrogen and oxygen atoms in total. The van der Waals surface area contributed by atoms with Crippen molar-refractivity contribution in [1.29, 1.82) is 0 Å². The van der Waals surface area contributed by atoms with Crippen molar-refractivity contribution in [2.45, 2.75) is 39.0 Å². The molecule has 2 aliphatic heterocycles. The normalized spacial score (nSPS) is 22.8. The first-order valence-electron chi connectivity index (χ1n) is 10.6. The zero-order chi connectivity index (χ0) is 22.0. The van der Waals surface area contributed by atoms with Gasteiger partial charge in [-0.3, -0.25) is 0 Å². The van der Waals surface area contributed by atoms with E-state index in [0.717, 1.165) is 29.2 Å². The van der Waals surface area contributed by atoms with Gasteiger partial charge >= 0.3 is 6.03 Å². The Labute approximate surface area is 181 Å². The van der Waals surface area contributed by atoms with Gasteiger partial charge in [0.2, 0.25) is 0 Å². The number of carbonyl (C=O) groups excluding carboxylic acids is 1. The van der Waals surface area contributed by atoms with Crippen molar-refractivity contribution in [3.63, 3.8) is 0 Å². The molecule has 2 amide bonds. The maximum atomic E-state index is 11.8. The van der Waals surface area contributed by atoms with E-state index in [4.69, 9.17) is 19.4 Å². The van der Waals surface area contributed by atoms with Crippen LogP contribution < -0.4 is 15.5 Å². The highest BCUT2D eigenvalue weighted by molar-refractivity contribution is 5.89. The molecule has 0 saturated carbocycles. The first-order valence-corrected chi connectivity index (χ1v) is 10.6. The van der Waals surface area contributed by atoms with Gasteiger partial charge in [-0.1, -0.05) is 0 Å². The van der Waals surface area contributed by atoms with Crippen LogP contribution in [0.3, 0.4) is 0 Å². The number of ether oxygens (including phenoxy) is 2. The summed E-state index contributed by atoms with van der Waals surface area (Å²) >= 11 is 0. The average Bonchev–Trinajstić information content (AvgIpc) is 3.12. The van der Waals surface area contributed by atoms with Crippen molar-refractivity contribution in [2.24, 2.45) is 0 Å². The zero-order valence-electron chi connectivity index (χ0n) is 18.1. The van der Waals surface area contributed by atoms with E-state index < -0.39 is 5.60 Å². The third kappa shape index (κ3) is 4.21. The lowest BCUT2D eigenvalue weighted by Gasteiger charge is -2.35. The smallest absolute Gasteiger partial charge is 0.319 e. The van der Waals surface area contributed by atoms with Gasteiger partial charge in [-0.15, -0.1) is 0 Å². The first kappa shape index (κ1) is 21.5. The van der Waals surface area contributed by atoms with Gasteiger partial charge in [0.15, 0.2) is 5.82 Å². The largest absolute Gasteiger partial charge is 0.393 e. The second kappa shape index (κ2) is 8.78. The minimum absolute atomic E-state index is 0.163. The van der Waals surface area contributed by atoms with Crippen molar-refractivity contribution in [3.05, 3.63) is 35.5 Å². The molecule has 9 heteroatoms. The van der Waals surface area contributed by atoms with E-state index in [-0.39, 0.29) is 18.7 Å². The number of hydrogen-bond acceptors (Lipinski definition) is 7. The molecule has 3 heterocycles. The van der Waals surface area contributed by atoms with Crippen LogP contribution in [0.4, 0.5) is 16.3 Å². The number of morpholine rings is 1. The number of anilines is 2. The summed E-state index contributed by atoms with van der Waals surface area (Å²) in [5.41, 5.74) is 2.28. The highest BCUT2D eigenvalue weighted by Gasteiger charge is 2.41. The van der Waals surface area contributed by atoms with Crippen molar-refractivity contribution in [3.8, 4) is 11.4 Å². The van der Waals surface area contributed by atoms with Crippen LogP contribution in [0, 0.1) is 0 Å². The Hall–Kier alpha value is -2.75. The number of aliphatic hydroxyl groups is 1. The zero-order valence-corrected chi connectivity index (χ0v) is 18.1. The first-order chi connectivity index (χ1) is 14.9. The van der Waals surface area contributed by atoms with E-state index >= 15 is 0 Å². The highest BCUT2D eigenvalue weighted by atomic mass is 16.5. The molecule has 1 fully saturated rings. The predicted octanol–water partition coefficient (Wildman–Crippen LogP) is 2.25. The molecular formula is C22H29N5O4. The summed E-state index contributed by atoms with van der Waals surface area (Å²) in [6.45, 7) is 8.58. The third-order valence-electron chi connectivity index (χ3n) is 5.70. The summed E-state index contributed by atoms with van der Waals surface area (Å²) in [7, 11) is 0. The molecule has 166 valence electrons. The van der Waals surface area contributed by atoms with E-state index in [1.165, 1.54) is 0 Å². The van der Waals surface area contributed by atoms with E-state index in [2.05, 4.69) is 22.5 Å². The highest BCUT2D eigenvalue weighted by Crippen LogP contribution is 2.40. The van der Waals surface area contributed by atoms with Crippen molar-refractivity contribution in [2.75, 3.05) is 43.1 Å². The van der Waals surface area contributed by atoms with Crippen LogP contribution in [0.15, 0.2) is 24.3 Å². The van der Waals surface area contributed by atoms with E-state index in [1.807, 2.05) is 38.1 Å². The van der Waals surface area contributed by atoms with E-state index in [0.29, 0.717) is 37.9 Å². The van der Waals surface area contributed by atoms with Gasteiger partial charge < -0.3 is 30.1 Å². The van der Waals surface area contributed by atoms with Crippen LogP contribution in [-0.2, 0) is 21.7 Å². The molecular weight excluding hydrogens is 398 g/mol. The Morgan fingerprint density at radius 2 is 2.10 bits per heavy atom. The second-order valence-corrected chi connectivity index (χ2v) is 8.05. The number of hydrogen-bond donors (Lipinski definition) is 3. The van der Waals surface area contributed by atoms with Crippen LogP contribution in [0.25, 0.3) is 11.4 Å². The fourth-order valence-electron chi connectivity index (χ4n) is 3.91. The summed E-state index contributed by atoms with van der Waals surface area (Å²) in [5.74, 6) is 1.39. The summed E-state index contributed by atoms with van der Waals surface area (Å²) < 4.78 is 11.5. The molecule has 0 spiro atoms. The Morgan fingerprint density at radius 3 is 2.77 bits per heavy atom. The summed E-state index contributed by atoms with van der Waals surface area (Å²) in [6, 6.07) is 7.32. The van der Waals surface area contributed by atoms with Crippen molar-refractivity contribution >= 4 is 17.5 Å². The molecule has 2 atom stereocenters. The molecule has 0 bridgehead atoms. The second-order valence-electron chi connectivity index (χ2n) is 8.05. The maximum absolute atomic E-state index is 11.8. The lowest BCUT2D eigenvalue weighted by molar-refractivity contribution is -0.0624. The molecule has 1 aromatic heterocycles. The van der Waals surface area contributed by atoms with Gasteiger partial charge in [0.05, 0.1) is 38.2 Å². The van der Waals surface area contributed by atoms with Crippen LogP contribution in [0.5, 0.6) is 0 Å². The lowest BCUT2D eigenvalue weighted by Crippen LogP contribution is -2.44. The molecule has 2 aliphatic rings. The van der Waals surface area contributed by atoms with Crippen LogP contribution in [0.2, 0.25) is 0 Å². The molecule has 0 aliphatic carbocycles. The molecule has 31 heavy (non-hydrogen) atoms. The van der Waals surface area contributed by atoms with Gasteiger partial charge in [-0.05, 0) is 45.0 Å². The quantitative estimate of drug-likeness (QED) is 0.671. The van der Waals surface area contributed by atoms with Crippen LogP contribution in [0.1, 0.15) is 32.0 Å². The molecule has 1 aromatic carbocycles. The monoisotopic (exact) mass is 427 g/mol. The molecule has 2 aromatic rings. The minimum atomic E-state index is -0.864. The number of carbonyl (C=O) groups is 1. The fraction of sp³-hybridized carbons (Fsp3) is 0.500. The van der Waals surface area contributed by atoms with Crippen molar-refractivity contribution < 1.29 is 19.4 Å². The number of aromatic nitrogens is 2. The maximum Gasteiger partial charge on any atom is 0.319 e.